The molecule has 0 aromatic heterocycles. The number of para-hydroxylation sites is 1. The molecule has 0 spiro atoms. The van der Waals surface area contributed by atoms with Gasteiger partial charge < -0.3 is 0 Å². The van der Waals surface area contributed by atoms with Crippen molar-refractivity contribution in [2.45, 2.75) is 31.1 Å². The lowest BCUT2D eigenvalue weighted by molar-refractivity contribution is -0.120. The van der Waals surface area contributed by atoms with Crippen molar-refractivity contribution in [3.63, 3.8) is 0 Å². The molecule has 1 aliphatic heterocycles. The second-order valence-corrected chi connectivity index (χ2v) is 5.51. The Morgan fingerprint density at radius 1 is 1.05 bits per heavy atom. The third-order valence-corrected chi connectivity index (χ3v) is 4.07. The van der Waals surface area contributed by atoms with Gasteiger partial charge in [0.1, 0.15) is 0 Å². The van der Waals surface area contributed by atoms with E-state index >= 15 is 0 Å². The van der Waals surface area contributed by atoms with E-state index < -0.39 is 0 Å². The Kier molecular flexibility index (Phi) is 4.80. The molecule has 0 radical (unpaired) electrons. The minimum atomic E-state index is -0.258. The van der Waals surface area contributed by atoms with Gasteiger partial charge in [0.15, 0.2) is 0 Å². The lowest BCUT2D eigenvalue weighted by Crippen LogP contribution is -2.29. The van der Waals surface area contributed by atoms with Crippen molar-refractivity contribution in [1.29, 1.82) is 0 Å². The van der Waals surface area contributed by atoms with E-state index in [-0.39, 0.29) is 11.8 Å². The molecule has 0 saturated carbocycles. The Labute approximate surface area is 117 Å². The molecule has 0 unspecified atom stereocenters. The van der Waals surface area contributed by atoms with Gasteiger partial charge in [-0.25, -0.2) is 4.90 Å². The molecule has 0 aliphatic carbocycles. The van der Waals surface area contributed by atoms with Gasteiger partial charge in [-0.1, -0.05) is 31.9 Å². The summed E-state index contributed by atoms with van der Waals surface area (Å²) < 4.78 is 0. The fourth-order valence-corrected chi connectivity index (χ4v) is 2.99. The summed E-state index contributed by atoms with van der Waals surface area (Å²) in [6.07, 6.45) is 6.19. The smallest absolute Gasteiger partial charge is 0.258 e. The number of anilines is 1. The maximum absolute atomic E-state index is 11.7. The van der Waals surface area contributed by atoms with E-state index in [9.17, 15) is 9.59 Å². The molecule has 0 N–H and O–H groups in total. The number of carbonyl (C=O) groups excluding carboxylic acids is 2. The summed E-state index contributed by atoms with van der Waals surface area (Å²) in [4.78, 5) is 25.7. The fraction of sp³-hybridized carbons (Fsp3) is 0.333. The van der Waals surface area contributed by atoms with Gasteiger partial charge in [0.05, 0.1) is 5.69 Å². The van der Waals surface area contributed by atoms with Crippen LogP contribution in [0.5, 0.6) is 0 Å². The predicted molar refractivity (Wildman–Crippen MR) is 78.3 cm³/mol. The maximum Gasteiger partial charge on any atom is 0.258 e. The highest BCUT2D eigenvalue weighted by Gasteiger charge is 2.26. The molecule has 0 saturated heterocycles. The third-order valence-electron chi connectivity index (χ3n) is 2.92. The van der Waals surface area contributed by atoms with E-state index in [0.717, 1.165) is 17.1 Å². The van der Waals surface area contributed by atoms with Gasteiger partial charge in [0, 0.05) is 17.0 Å². The number of nitrogens with zero attached hydrogens (tertiary/aromatic N) is 1. The number of imide groups is 1. The highest BCUT2D eigenvalue weighted by Crippen LogP contribution is 2.32. The number of unbranched alkanes of at least 4 members (excludes halogenated alkanes) is 2. The number of hydrogen-bond donors (Lipinski definition) is 0. The summed E-state index contributed by atoms with van der Waals surface area (Å²) in [5.74, 6) is 0.493. The van der Waals surface area contributed by atoms with Crippen LogP contribution >= 0.6 is 11.8 Å². The second-order valence-electron chi connectivity index (χ2n) is 4.37. The average molecular weight is 275 g/mol. The number of benzene rings is 1. The van der Waals surface area contributed by atoms with Crippen molar-refractivity contribution < 1.29 is 9.59 Å². The zero-order valence-electron chi connectivity index (χ0n) is 11.0. The first-order chi connectivity index (χ1) is 9.24. The number of amides is 2. The summed E-state index contributed by atoms with van der Waals surface area (Å²) in [6, 6.07) is 7.57. The van der Waals surface area contributed by atoms with E-state index in [1.807, 2.05) is 24.3 Å². The first-order valence-electron chi connectivity index (χ1n) is 6.52. The number of carbonyl (C=O) groups is 2. The molecule has 3 nitrogen and oxygen atoms in total. The van der Waals surface area contributed by atoms with Gasteiger partial charge in [-0.15, -0.1) is 11.8 Å². The van der Waals surface area contributed by atoms with Crippen LogP contribution in [0.25, 0.3) is 0 Å². The van der Waals surface area contributed by atoms with E-state index in [4.69, 9.17) is 0 Å². The molecule has 1 aliphatic rings. The van der Waals surface area contributed by atoms with Crippen molar-refractivity contribution in [3.05, 3.63) is 36.4 Å². The van der Waals surface area contributed by atoms with E-state index in [1.165, 1.54) is 29.9 Å². The Morgan fingerprint density at radius 2 is 1.74 bits per heavy atom. The minimum absolute atomic E-state index is 0.258. The van der Waals surface area contributed by atoms with Crippen molar-refractivity contribution >= 4 is 29.3 Å². The first-order valence-corrected chi connectivity index (χ1v) is 7.50. The van der Waals surface area contributed by atoms with Crippen LogP contribution in [0, 0.1) is 0 Å². The number of hydrogen-bond acceptors (Lipinski definition) is 3. The highest BCUT2D eigenvalue weighted by molar-refractivity contribution is 7.99. The fourth-order valence-electron chi connectivity index (χ4n) is 1.94. The molecule has 0 bridgehead atoms. The van der Waals surface area contributed by atoms with E-state index in [1.54, 1.807) is 11.8 Å². The molecule has 1 aromatic carbocycles. The molecule has 1 heterocycles. The predicted octanol–water partition coefficient (Wildman–Crippen LogP) is 3.40. The van der Waals surface area contributed by atoms with Gasteiger partial charge in [-0.3, -0.25) is 9.59 Å². The molecule has 0 fully saturated rings. The topological polar surface area (TPSA) is 37.4 Å². The molecule has 1 aromatic rings. The molecular formula is C15H17NO2S. The van der Waals surface area contributed by atoms with Crippen LogP contribution in [0.4, 0.5) is 5.69 Å². The molecule has 100 valence electrons. The number of thioether (sulfide) groups is 1. The largest absolute Gasteiger partial charge is 0.269 e. The van der Waals surface area contributed by atoms with Gasteiger partial charge in [-0.2, -0.15) is 0 Å². The normalized spacial score (nSPS) is 14.5. The quantitative estimate of drug-likeness (QED) is 0.453. The Balaban J connectivity index is 2.12. The maximum atomic E-state index is 11.7. The van der Waals surface area contributed by atoms with Crippen molar-refractivity contribution in [2.24, 2.45) is 0 Å². The second kappa shape index (κ2) is 6.57. The third kappa shape index (κ3) is 3.26. The lowest BCUT2D eigenvalue weighted by Gasteiger charge is -2.17. The van der Waals surface area contributed by atoms with Crippen LogP contribution in [0.3, 0.4) is 0 Å². The Bertz CT molecular complexity index is 493. The van der Waals surface area contributed by atoms with Gasteiger partial charge in [0.2, 0.25) is 0 Å². The Morgan fingerprint density at radius 3 is 2.42 bits per heavy atom. The van der Waals surface area contributed by atoms with Crippen LogP contribution in [0.2, 0.25) is 0 Å². The molecule has 0 atom stereocenters. The van der Waals surface area contributed by atoms with Crippen LogP contribution in [0.1, 0.15) is 26.2 Å². The molecule has 4 heteroatoms. The van der Waals surface area contributed by atoms with Crippen molar-refractivity contribution in [3.8, 4) is 0 Å². The summed E-state index contributed by atoms with van der Waals surface area (Å²) in [5.41, 5.74) is 0.698. The van der Waals surface area contributed by atoms with Crippen LogP contribution < -0.4 is 4.90 Å². The first kappa shape index (κ1) is 13.9. The minimum Gasteiger partial charge on any atom is -0.269 e. The molecule has 19 heavy (non-hydrogen) atoms. The van der Waals surface area contributed by atoms with Gasteiger partial charge in [-0.05, 0) is 24.3 Å². The van der Waals surface area contributed by atoms with Crippen LogP contribution in [0.15, 0.2) is 41.3 Å². The summed E-state index contributed by atoms with van der Waals surface area (Å²) in [6.45, 7) is 2.17. The zero-order chi connectivity index (χ0) is 13.7. The van der Waals surface area contributed by atoms with Gasteiger partial charge >= 0.3 is 0 Å². The summed E-state index contributed by atoms with van der Waals surface area (Å²) in [5, 5.41) is 0. The molecule has 2 rings (SSSR count). The monoisotopic (exact) mass is 275 g/mol. The Hall–Kier alpha value is -1.55. The van der Waals surface area contributed by atoms with Crippen molar-refractivity contribution in [2.75, 3.05) is 10.7 Å². The summed E-state index contributed by atoms with van der Waals surface area (Å²) >= 11 is 1.70. The highest BCUT2D eigenvalue weighted by atomic mass is 32.2. The van der Waals surface area contributed by atoms with E-state index in [0.29, 0.717) is 5.69 Å². The molecular weight excluding hydrogens is 258 g/mol. The molecule has 2 amide bonds. The SMILES string of the molecule is CCCCCSc1ccccc1N1C(=O)C=CC1=O. The zero-order valence-corrected chi connectivity index (χ0v) is 11.8. The average Bonchev–Trinajstić information content (AvgIpc) is 2.75. The summed E-state index contributed by atoms with van der Waals surface area (Å²) in [7, 11) is 0. The van der Waals surface area contributed by atoms with Gasteiger partial charge in [0.25, 0.3) is 11.8 Å². The van der Waals surface area contributed by atoms with Crippen LogP contribution in [-0.4, -0.2) is 17.6 Å². The standard InChI is InChI=1S/C15H17NO2S/c1-2-3-6-11-19-13-8-5-4-7-12(13)16-14(17)9-10-15(16)18/h4-5,7-10H,2-3,6,11H2,1H3. The van der Waals surface area contributed by atoms with Crippen LogP contribution in [-0.2, 0) is 9.59 Å². The lowest BCUT2D eigenvalue weighted by atomic mass is 10.3. The van der Waals surface area contributed by atoms with E-state index in [2.05, 4.69) is 6.92 Å². The van der Waals surface area contributed by atoms with Crippen molar-refractivity contribution in [1.82, 2.24) is 0 Å². The number of rotatable bonds is 6.